The lowest BCUT2D eigenvalue weighted by Gasteiger charge is -2.43. The van der Waals surface area contributed by atoms with Gasteiger partial charge in [-0.1, -0.05) is 5.16 Å². The van der Waals surface area contributed by atoms with E-state index in [1.807, 2.05) is 6.92 Å². The maximum absolute atomic E-state index is 5.20. The molecule has 3 rings (SSSR count). The molecule has 0 aliphatic carbocycles. The van der Waals surface area contributed by atoms with Crippen molar-refractivity contribution in [3.05, 3.63) is 12.0 Å². The average Bonchev–Trinajstić information content (AvgIpc) is 2.71. The van der Waals surface area contributed by atoms with Gasteiger partial charge in [0.2, 0.25) is 0 Å². The molecular formula is C12H17N5O. The van der Waals surface area contributed by atoms with E-state index >= 15 is 0 Å². The lowest BCUT2D eigenvalue weighted by atomic mass is 10.00. The quantitative estimate of drug-likeness (QED) is 0.814. The topological polar surface area (TPSA) is 67.1 Å². The third-order valence-corrected chi connectivity index (χ3v) is 3.48. The summed E-state index contributed by atoms with van der Waals surface area (Å²) in [4.78, 5) is 10.9. The van der Waals surface area contributed by atoms with E-state index in [0.29, 0.717) is 5.71 Å². The number of aryl methyl sites for hydroxylation is 1. The molecule has 1 saturated heterocycles. The fraction of sp³-hybridized carbons (Fsp3) is 0.583. The van der Waals surface area contributed by atoms with Crippen LogP contribution in [0.15, 0.2) is 10.9 Å². The Hall–Kier alpha value is -1.69. The van der Waals surface area contributed by atoms with Crippen molar-refractivity contribution in [2.45, 2.75) is 26.3 Å². The monoisotopic (exact) mass is 247 g/mol. The van der Waals surface area contributed by atoms with Crippen molar-refractivity contribution in [1.82, 2.24) is 20.4 Å². The highest BCUT2D eigenvalue weighted by Crippen LogP contribution is 2.31. The van der Waals surface area contributed by atoms with Crippen LogP contribution in [-0.2, 0) is 0 Å². The Bertz CT molecular complexity index is 577. The molecule has 2 aromatic heterocycles. The first-order valence-corrected chi connectivity index (χ1v) is 6.15. The van der Waals surface area contributed by atoms with E-state index in [4.69, 9.17) is 4.52 Å². The summed E-state index contributed by atoms with van der Waals surface area (Å²) in [6, 6.07) is 0. The highest BCUT2D eigenvalue weighted by molar-refractivity contribution is 5.88. The summed E-state index contributed by atoms with van der Waals surface area (Å²) in [5.74, 6) is 0.922. The summed E-state index contributed by atoms with van der Waals surface area (Å²) in [7, 11) is 0. The highest BCUT2D eigenvalue weighted by Gasteiger charge is 2.32. The fourth-order valence-electron chi connectivity index (χ4n) is 2.48. The number of nitrogens with one attached hydrogen (secondary N) is 1. The third kappa shape index (κ3) is 1.64. The Morgan fingerprint density at radius 3 is 3.00 bits per heavy atom. The van der Waals surface area contributed by atoms with Crippen molar-refractivity contribution >= 4 is 16.9 Å². The zero-order valence-electron chi connectivity index (χ0n) is 10.9. The second-order valence-electron chi connectivity index (χ2n) is 5.29. The van der Waals surface area contributed by atoms with Crippen LogP contribution in [0.2, 0.25) is 0 Å². The van der Waals surface area contributed by atoms with Crippen molar-refractivity contribution in [2.24, 2.45) is 0 Å². The van der Waals surface area contributed by atoms with Gasteiger partial charge in [-0.15, -0.1) is 0 Å². The predicted molar refractivity (Wildman–Crippen MR) is 68.6 cm³/mol. The van der Waals surface area contributed by atoms with Crippen LogP contribution >= 0.6 is 0 Å². The number of rotatable bonds is 1. The van der Waals surface area contributed by atoms with E-state index in [1.165, 1.54) is 0 Å². The lowest BCUT2D eigenvalue weighted by Crippen LogP contribution is -2.58. The molecule has 0 spiro atoms. The van der Waals surface area contributed by atoms with E-state index in [0.717, 1.165) is 36.5 Å². The van der Waals surface area contributed by atoms with Gasteiger partial charge in [-0.25, -0.2) is 4.98 Å². The first-order chi connectivity index (χ1) is 8.59. The van der Waals surface area contributed by atoms with Crippen LogP contribution in [0, 0.1) is 6.92 Å². The zero-order valence-corrected chi connectivity index (χ0v) is 10.9. The van der Waals surface area contributed by atoms with E-state index < -0.39 is 0 Å². The molecule has 1 aliphatic heterocycles. The number of anilines is 1. The molecule has 1 fully saturated rings. The number of piperazine rings is 1. The number of nitrogens with zero attached hydrogens (tertiary/aromatic N) is 4. The van der Waals surface area contributed by atoms with Crippen LogP contribution in [0.3, 0.4) is 0 Å². The van der Waals surface area contributed by atoms with Crippen molar-refractivity contribution in [3.63, 3.8) is 0 Å². The zero-order chi connectivity index (χ0) is 12.8. The van der Waals surface area contributed by atoms with Gasteiger partial charge in [0.1, 0.15) is 17.5 Å². The molecule has 0 amide bonds. The summed E-state index contributed by atoms with van der Waals surface area (Å²) in [6.07, 6.45) is 1.54. The standard InChI is InChI=1S/C12H17N5O/c1-8-9-10(14-7-15-11(9)18-16-8)17-5-4-13-6-12(17,2)3/h7,13H,4-6H2,1-3H3. The van der Waals surface area contributed by atoms with E-state index in [9.17, 15) is 0 Å². The summed E-state index contributed by atoms with van der Waals surface area (Å²) in [6.45, 7) is 9.14. The lowest BCUT2D eigenvalue weighted by molar-refractivity contribution is 0.378. The molecule has 1 aliphatic rings. The minimum absolute atomic E-state index is 0.0171. The summed E-state index contributed by atoms with van der Waals surface area (Å²) in [5.41, 5.74) is 1.42. The Labute approximate surface area is 105 Å². The minimum atomic E-state index is 0.0171. The van der Waals surface area contributed by atoms with Gasteiger partial charge < -0.3 is 14.7 Å². The fourth-order valence-corrected chi connectivity index (χ4v) is 2.48. The average molecular weight is 247 g/mol. The van der Waals surface area contributed by atoms with Gasteiger partial charge in [0, 0.05) is 25.2 Å². The van der Waals surface area contributed by atoms with Crippen LogP contribution in [0.4, 0.5) is 5.82 Å². The van der Waals surface area contributed by atoms with Crippen LogP contribution in [-0.4, -0.2) is 40.3 Å². The molecule has 6 heteroatoms. The number of fused-ring (bicyclic) bond motifs is 1. The third-order valence-electron chi connectivity index (χ3n) is 3.48. The summed E-state index contributed by atoms with van der Waals surface area (Å²) >= 11 is 0. The van der Waals surface area contributed by atoms with E-state index in [-0.39, 0.29) is 5.54 Å². The molecule has 1 N–H and O–H groups in total. The molecular weight excluding hydrogens is 230 g/mol. The molecule has 0 saturated carbocycles. The maximum atomic E-state index is 5.20. The second kappa shape index (κ2) is 3.91. The van der Waals surface area contributed by atoms with Crippen molar-refractivity contribution in [1.29, 1.82) is 0 Å². The largest absolute Gasteiger partial charge is 0.348 e. The Balaban J connectivity index is 2.16. The Kier molecular flexibility index (Phi) is 2.48. The highest BCUT2D eigenvalue weighted by atomic mass is 16.5. The molecule has 0 unspecified atom stereocenters. The second-order valence-corrected chi connectivity index (χ2v) is 5.29. The molecule has 18 heavy (non-hydrogen) atoms. The first-order valence-electron chi connectivity index (χ1n) is 6.15. The molecule has 0 bridgehead atoms. The molecule has 0 radical (unpaired) electrons. The van der Waals surface area contributed by atoms with Gasteiger partial charge in [-0.2, -0.15) is 4.98 Å². The molecule has 2 aromatic rings. The predicted octanol–water partition coefficient (Wildman–Crippen LogP) is 1.11. The SMILES string of the molecule is Cc1noc2ncnc(N3CCNCC3(C)C)c12. The normalized spacial score (nSPS) is 19.4. The Morgan fingerprint density at radius 2 is 2.22 bits per heavy atom. The van der Waals surface area contributed by atoms with Gasteiger partial charge >= 0.3 is 0 Å². The van der Waals surface area contributed by atoms with E-state index in [1.54, 1.807) is 6.33 Å². The number of hydrogen-bond acceptors (Lipinski definition) is 6. The maximum Gasteiger partial charge on any atom is 0.263 e. The number of aromatic nitrogens is 3. The van der Waals surface area contributed by atoms with Gasteiger partial charge in [-0.3, -0.25) is 0 Å². The smallest absolute Gasteiger partial charge is 0.263 e. The van der Waals surface area contributed by atoms with E-state index in [2.05, 4.69) is 39.2 Å². The molecule has 0 atom stereocenters. The van der Waals surface area contributed by atoms with Gasteiger partial charge in [0.25, 0.3) is 5.71 Å². The molecule has 0 aromatic carbocycles. The summed E-state index contributed by atoms with van der Waals surface area (Å²) < 4.78 is 5.20. The van der Waals surface area contributed by atoms with Crippen LogP contribution in [0.5, 0.6) is 0 Å². The van der Waals surface area contributed by atoms with Gasteiger partial charge in [0.05, 0.1) is 5.69 Å². The van der Waals surface area contributed by atoms with Gasteiger partial charge in [0.15, 0.2) is 0 Å². The minimum Gasteiger partial charge on any atom is -0.348 e. The van der Waals surface area contributed by atoms with Crippen LogP contribution < -0.4 is 10.2 Å². The van der Waals surface area contributed by atoms with Gasteiger partial charge in [-0.05, 0) is 20.8 Å². The van der Waals surface area contributed by atoms with Crippen molar-refractivity contribution in [3.8, 4) is 0 Å². The Morgan fingerprint density at radius 1 is 1.39 bits per heavy atom. The summed E-state index contributed by atoms with van der Waals surface area (Å²) in [5, 5.41) is 8.31. The van der Waals surface area contributed by atoms with Crippen LogP contribution in [0.1, 0.15) is 19.5 Å². The molecule has 3 heterocycles. The molecule has 96 valence electrons. The van der Waals surface area contributed by atoms with Crippen molar-refractivity contribution < 1.29 is 4.52 Å². The van der Waals surface area contributed by atoms with Crippen LogP contribution in [0.25, 0.3) is 11.1 Å². The first kappa shape index (κ1) is 11.4. The number of hydrogen-bond donors (Lipinski definition) is 1. The van der Waals surface area contributed by atoms with Crippen molar-refractivity contribution in [2.75, 3.05) is 24.5 Å². The molecule has 6 nitrogen and oxygen atoms in total.